The van der Waals surface area contributed by atoms with Gasteiger partial charge in [-0.15, -0.1) is 0 Å². The van der Waals surface area contributed by atoms with Gasteiger partial charge in [-0.2, -0.15) is 5.10 Å². The minimum absolute atomic E-state index is 0.159. The largest absolute Gasteiger partial charge is 0.364 e. The van der Waals surface area contributed by atoms with Crippen molar-refractivity contribution in [3.8, 4) is 5.69 Å². The molecule has 2 aromatic rings. The smallest absolute Gasteiger partial charge is 0.274 e. The van der Waals surface area contributed by atoms with Gasteiger partial charge in [0.2, 0.25) is 0 Å². The number of nitrogens with zero attached hydrogens (tertiary/aromatic N) is 3. The molecule has 1 fully saturated rings. The van der Waals surface area contributed by atoms with E-state index in [4.69, 9.17) is 5.73 Å². The van der Waals surface area contributed by atoms with E-state index in [0.29, 0.717) is 12.2 Å². The van der Waals surface area contributed by atoms with Crippen LogP contribution in [0.2, 0.25) is 0 Å². The van der Waals surface area contributed by atoms with Gasteiger partial charge in [-0.3, -0.25) is 9.59 Å². The molecule has 1 unspecified atom stereocenters. The Labute approximate surface area is 146 Å². The van der Waals surface area contributed by atoms with E-state index in [1.807, 2.05) is 42.2 Å². The fourth-order valence-corrected chi connectivity index (χ4v) is 3.17. The third-order valence-corrected chi connectivity index (χ3v) is 4.38. The topological polar surface area (TPSA) is 93.2 Å². The first-order valence-electron chi connectivity index (χ1n) is 8.58. The van der Waals surface area contributed by atoms with Crippen LogP contribution in [0, 0.1) is 0 Å². The quantitative estimate of drug-likeness (QED) is 0.825. The second-order valence-electron chi connectivity index (χ2n) is 6.17. The van der Waals surface area contributed by atoms with Crippen molar-refractivity contribution in [3.63, 3.8) is 0 Å². The van der Waals surface area contributed by atoms with E-state index in [2.05, 4.69) is 10.4 Å². The summed E-state index contributed by atoms with van der Waals surface area (Å²) in [5.74, 6) is -0.771. The van der Waals surface area contributed by atoms with Crippen molar-refractivity contribution in [1.82, 2.24) is 20.0 Å². The monoisotopic (exact) mass is 341 g/mol. The number of aromatic nitrogens is 2. The molecular weight excluding hydrogens is 318 g/mol. The van der Waals surface area contributed by atoms with Crippen molar-refractivity contribution >= 4 is 11.8 Å². The molecule has 25 heavy (non-hydrogen) atoms. The summed E-state index contributed by atoms with van der Waals surface area (Å²) in [6.45, 7) is 4.40. The lowest BCUT2D eigenvalue weighted by Gasteiger charge is -2.27. The first-order chi connectivity index (χ1) is 12.1. The zero-order valence-corrected chi connectivity index (χ0v) is 14.3. The minimum Gasteiger partial charge on any atom is -0.364 e. The average Bonchev–Trinajstić information content (AvgIpc) is 3.29. The molecule has 1 atom stereocenters. The molecule has 1 aliphatic heterocycles. The summed E-state index contributed by atoms with van der Waals surface area (Å²) in [4.78, 5) is 26.7. The van der Waals surface area contributed by atoms with Crippen molar-refractivity contribution in [2.24, 2.45) is 5.73 Å². The molecule has 2 amide bonds. The zero-order valence-electron chi connectivity index (χ0n) is 14.3. The summed E-state index contributed by atoms with van der Waals surface area (Å²) in [6, 6.07) is 10.8. The molecule has 7 heteroatoms. The number of primary amides is 1. The Kier molecular flexibility index (Phi) is 5.14. The van der Waals surface area contributed by atoms with E-state index in [-0.39, 0.29) is 23.3 Å². The molecule has 0 bridgehead atoms. The van der Waals surface area contributed by atoms with Crippen molar-refractivity contribution in [2.45, 2.75) is 25.8 Å². The van der Waals surface area contributed by atoms with Crippen LogP contribution < -0.4 is 11.1 Å². The van der Waals surface area contributed by atoms with Crippen LogP contribution in [0.4, 0.5) is 0 Å². The Morgan fingerprint density at radius 2 is 2.12 bits per heavy atom. The fourth-order valence-electron chi connectivity index (χ4n) is 3.17. The number of carbonyl (C=O) groups is 2. The lowest BCUT2D eigenvalue weighted by atomic mass is 10.2. The van der Waals surface area contributed by atoms with Gasteiger partial charge in [0.25, 0.3) is 11.8 Å². The number of hydrogen-bond donors (Lipinski definition) is 2. The van der Waals surface area contributed by atoms with Crippen LogP contribution in [0.15, 0.2) is 36.4 Å². The molecule has 7 nitrogen and oxygen atoms in total. The lowest BCUT2D eigenvalue weighted by molar-refractivity contribution is 0.0685. The highest BCUT2D eigenvalue weighted by molar-refractivity contribution is 5.97. The molecule has 1 saturated heterocycles. The number of rotatable bonds is 6. The molecule has 1 aromatic carbocycles. The molecule has 0 spiro atoms. The van der Waals surface area contributed by atoms with Gasteiger partial charge in [-0.1, -0.05) is 25.1 Å². The van der Waals surface area contributed by atoms with Gasteiger partial charge in [0.05, 0.1) is 5.69 Å². The Morgan fingerprint density at radius 1 is 1.36 bits per heavy atom. The van der Waals surface area contributed by atoms with Gasteiger partial charge in [0.15, 0.2) is 5.69 Å². The van der Waals surface area contributed by atoms with E-state index in [0.717, 1.165) is 25.9 Å². The summed E-state index contributed by atoms with van der Waals surface area (Å²) >= 11 is 0. The first kappa shape index (κ1) is 17.2. The second-order valence-corrected chi connectivity index (χ2v) is 6.17. The number of nitrogens with two attached hydrogens (primary N) is 1. The Morgan fingerprint density at radius 3 is 2.72 bits per heavy atom. The van der Waals surface area contributed by atoms with E-state index < -0.39 is 5.91 Å². The van der Waals surface area contributed by atoms with Gasteiger partial charge < -0.3 is 16.0 Å². The predicted octanol–water partition coefficient (Wildman–Crippen LogP) is 1.19. The number of carbonyl (C=O) groups excluding carboxylic acids is 2. The number of nitrogens with one attached hydrogen (secondary N) is 1. The SMILES string of the molecule is CCCN(C(=O)c1cc(C(N)=O)n(-c2ccccc2)n1)C1CCNC1. The highest BCUT2D eigenvalue weighted by atomic mass is 16.2. The van der Waals surface area contributed by atoms with Crippen molar-refractivity contribution in [1.29, 1.82) is 0 Å². The van der Waals surface area contributed by atoms with E-state index in [1.54, 1.807) is 0 Å². The molecule has 1 aliphatic rings. The van der Waals surface area contributed by atoms with Crippen LogP contribution >= 0.6 is 0 Å². The van der Waals surface area contributed by atoms with E-state index >= 15 is 0 Å². The van der Waals surface area contributed by atoms with Gasteiger partial charge in [-0.05, 0) is 31.5 Å². The maximum Gasteiger partial charge on any atom is 0.274 e. The van der Waals surface area contributed by atoms with Crippen molar-refractivity contribution in [3.05, 3.63) is 47.8 Å². The lowest BCUT2D eigenvalue weighted by Crippen LogP contribution is -2.42. The Hall–Kier alpha value is -2.67. The van der Waals surface area contributed by atoms with E-state index in [9.17, 15) is 9.59 Å². The summed E-state index contributed by atoms with van der Waals surface area (Å²) in [7, 11) is 0. The fraction of sp³-hybridized carbons (Fsp3) is 0.389. The molecule has 0 saturated carbocycles. The van der Waals surface area contributed by atoms with Gasteiger partial charge in [0, 0.05) is 25.2 Å². The summed E-state index contributed by atoms with van der Waals surface area (Å²) in [5.41, 5.74) is 6.63. The highest BCUT2D eigenvalue weighted by Gasteiger charge is 2.29. The first-order valence-corrected chi connectivity index (χ1v) is 8.58. The standard InChI is InChI=1S/C18H23N5O2/c1-2-10-22(14-8-9-20-12-14)18(25)15-11-16(17(19)24)23(21-15)13-6-4-3-5-7-13/h3-7,11,14,20H,2,8-10,12H2,1H3,(H2,19,24). The molecule has 0 radical (unpaired) electrons. The van der Waals surface area contributed by atoms with Gasteiger partial charge in [0.1, 0.15) is 5.69 Å². The number of hydrogen-bond acceptors (Lipinski definition) is 4. The summed E-state index contributed by atoms with van der Waals surface area (Å²) < 4.78 is 1.44. The van der Waals surface area contributed by atoms with Crippen LogP contribution in [0.3, 0.4) is 0 Å². The predicted molar refractivity (Wildman–Crippen MR) is 94.7 cm³/mol. The normalized spacial score (nSPS) is 16.8. The molecule has 3 N–H and O–H groups in total. The van der Waals surface area contributed by atoms with Crippen LogP contribution in [-0.4, -0.2) is 52.2 Å². The van der Waals surface area contributed by atoms with Crippen molar-refractivity contribution in [2.75, 3.05) is 19.6 Å². The van der Waals surface area contributed by atoms with Gasteiger partial charge in [-0.25, -0.2) is 4.68 Å². The highest BCUT2D eigenvalue weighted by Crippen LogP contribution is 2.17. The maximum atomic E-state index is 13.0. The average molecular weight is 341 g/mol. The van der Waals surface area contributed by atoms with Crippen LogP contribution in [-0.2, 0) is 0 Å². The summed E-state index contributed by atoms with van der Waals surface area (Å²) in [6.07, 6.45) is 1.79. The van der Waals surface area contributed by atoms with Crippen LogP contribution in [0.1, 0.15) is 40.7 Å². The number of benzene rings is 1. The Bertz CT molecular complexity index is 750. The second kappa shape index (κ2) is 7.48. The minimum atomic E-state index is -0.611. The van der Waals surface area contributed by atoms with E-state index in [1.165, 1.54) is 10.7 Å². The van der Waals surface area contributed by atoms with Gasteiger partial charge >= 0.3 is 0 Å². The molecular formula is C18H23N5O2. The summed E-state index contributed by atoms with van der Waals surface area (Å²) in [5, 5.41) is 7.66. The van der Waals surface area contributed by atoms with Crippen LogP contribution in [0.25, 0.3) is 5.69 Å². The maximum absolute atomic E-state index is 13.0. The molecule has 1 aromatic heterocycles. The number of amides is 2. The Balaban J connectivity index is 1.96. The zero-order chi connectivity index (χ0) is 17.8. The third kappa shape index (κ3) is 3.56. The molecule has 132 valence electrons. The molecule has 2 heterocycles. The van der Waals surface area contributed by atoms with Crippen molar-refractivity contribution < 1.29 is 9.59 Å². The van der Waals surface area contributed by atoms with Crippen LogP contribution in [0.5, 0.6) is 0 Å². The third-order valence-electron chi connectivity index (χ3n) is 4.38. The number of para-hydroxylation sites is 1. The molecule has 3 rings (SSSR count). The molecule has 0 aliphatic carbocycles.